The lowest BCUT2D eigenvalue weighted by Crippen LogP contribution is -2.16. The number of aryl methyl sites for hydroxylation is 1. The number of nitrogens with one attached hydrogen (secondary N) is 1. The first-order valence-electron chi connectivity index (χ1n) is 6.35. The molecule has 0 fully saturated rings. The van der Waals surface area contributed by atoms with E-state index in [1.807, 2.05) is 48.9 Å². The molecule has 2 aromatic rings. The maximum atomic E-state index is 12.3. The Balaban J connectivity index is 2.26. The fraction of sp³-hybridized carbons (Fsp3) is 0.188. The molecule has 0 bridgehead atoms. The largest absolute Gasteiger partial charge is 0.344 e. The van der Waals surface area contributed by atoms with Gasteiger partial charge in [0.1, 0.15) is 5.69 Å². The topological polar surface area (TPSA) is 60.1 Å². The van der Waals surface area contributed by atoms with Crippen LogP contribution < -0.4 is 11.1 Å². The normalized spacial score (nSPS) is 9.75. The van der Waals surface area contributed by atoms with Gasteiger partial charge in [0.05, 0.1) is 12.2 Å². The summed E-state index contributed by atoms with van der Waals surface area (Å²) in [6, 6.07) is 11.1. The third-order valence-electron chi connectivity index (χ3n) is 3.11. The smallest absolute Gasteiger partial charge is 0.272 e. The van der Waals surface area contributed by atoms with Crippen molar-refractivity contribution in [3.05, 3.63) is 53.3 Å². The molecule has 0 saturated carbocycles. The highest BCUT2D eigenvalue weighted by molar-refractivity contribution is 6.04. The molecule has 2 rings (SSSR count). The fourth-order valence-electron chi connectivity index (χ4n) is 1.87. The predicted molar refractivity (Wildman–Crippen MR) is 80.5 cm³/mol. The van der Waals surface area contributed by atoms with Gasteiger partial charge in [-0.2, -0.15) is 0 Å². The predicted octanol–water partition coefficient (Wildman–Crippen LogP) is 1.90. The highest BCUT2D eigenvalue weighted by Gasteiger charge is 2.12. The van der Waals surface area contributed by atoms with E-state index in [9.17, 15) is 4.79 Å². The van der Waals surface area contributed by atoms with Gasteiger partial charge in [0.25, 0.3) is 5.91 Å². The van der Waals surface area contributed by atoms with Crippen molar-refractivity contribution in [3.63, 3.8) is 0 Å². The van der Waals surface area contributed by atoms with Gasteiger partial charge in [0, 0.05) is 18.3 Å². The SMILES string of the molecule is Cc1ccc(C(=O)Nc2ccccc2C#CCN)n1C. The second-order valence-electron chi connectivity index (χ2n) is 4.42. The van der Waals surface area contributed by atoms with Gasteiger partial charge >= 0.3 is 0 Å². The van der Waals surface area contributed by atoms with E-state index < -0.39 is 0 Å². The minimum atomic E-state index is -0.150. The van der Waals surface area contributed by atoms with Gasteiger partial charge in [-0.1, -0.05) is 24.0 Å². The number of carbonyl (C=O) groups excluding carboxylic acids is 1. The third-order valence-corrected chi connectivity index (χ3v) is 3.11. The molecule has 4 nitrogen and oxygen atoms in total. The maximum Gasteiger partial charge on any atom is 0.272 e. The zero-order valence-electron chi connectivity index (χ0n) is 11.6. The summed E-state index contributed by atoms with van der Waals surface area (Å²) in [4.78, 5) is 12.3. The van der Waals surface area contributed by atoms with E-state index >= 15 is 0 Å². The van der Waals surface area contributed by atoms with Crippen molar-refractivity contribution in [1.29, 1.82) is 0 Å². The van der Waals surface area contributed by atoms with Gasteiger partial charge in [-0.05, 0) is 31.2 Å². The molecule has 0 atom stereocenters. The Kier molecular flexibility index (Phi) is 4.24. The number of nitrogens with two attached hydrogens (primary N) is 1. The number of hydrogen-bond acceptors (Lipinski definition) is 2. The van der Waals surface area contributed by atoms with Crippen LogP contribution in [0, 0.1) is 18.8 Å². The standard InChI is InChI=1S/C16H17N3O/c1-12-9-10-15(19(12)2)16(20)18-14-8-4-3-6-13(14)7-5-11-17/h3-4,6,8-10H,11,17H2,1-2H3,(H,18,20). The van der Waals surface area contributed by atoms with Crippen LogP contribution in [0.4, 0.5) is 5.69 Å². The first kappa shape index (κ1) is 13.9. The van der Waals surface area contributed by atoms with E-state index in [1.54, 1.807) is 6.07 Å². The summed E-state index contributed by atoms with van der Waals surface area (Å²) >= 11 is 0. The molecule has 0 aliphatic rings. The van der Waals surface area contributed by atoms with Crippen LogP contribution in [0.2, 0.25) is 0 Å². The van der Waals surface area contributed by atoms with Crippen LogP contribution in [0.5, 0.6) is 0 Å². The highest BCUT2D eigenvalue weighted by atomic mass is 16.1. The van der Waals surface area contributed by atoms with Crippen molar-refractivity contribution in [3.8, 4) is 11.8 Å². The molecule has 4 heteroatoms. The van der Waals surface area contributed by atoms with Crippen LogP contribution in [0.25, 0.3) is 0 Å². The lowest BCUT2D eigenvalue weighted by atomic mass is 10.1. The molecule has 3 N–H and O–H groups in total. The van der Waals surface area contributed by atoms with Crippen LogP contribution in [0.15, 0.2) is 36.4 Å². The summed E-state index contributed by atoms with van der Waals surface area (Å²) in [6.07, 6.45) is 0. The van der Waals surface area contributed by atoms with Gasteiger partial charge < -0.3 is 15.6 Å². The monoisotopic (exact) mass is 267 g/mol. The van der Waals surface area contributed by atoms with Crippen LogP contribution in [-0.2, 0) is 7.05 Å². The Morgan fingerprint density at radius 2 is 2.05 bits per heavy atom. The lowest BCUT2D eigenvalue weighted by molar-refractivity contribution is 0.101. The number of benzene rings is 1. The summed E-state index contributed by atoms with van der Waals surface area (Å²) < 4.78 is 1.85. The zero-order chi connectivity index (χ0) is 14.5. The summed E-state index contributed by atoms with van der Waals surface area (Å²) in [5.41, 5.74) is 8.48. The quantitative estimate of drug-likeness (QED) is 0.816. The summed E-state index contributed by atoms with van der Waals surface area (Å²) in [7, 11) is 1.87. The number of nitrogens with zero attached hydrogens (tertiary/aromatic N) is 1. The van der Waals surface area contributed by atoms with E-state index in [4.69, 9.17) is 5.73 Å². The van der Waals surface area contributed by atoms with E-state index in [-0.39, 0.29) is 5.91 Å². The molecule has 1 aromatic carbocycles. The molecule has 102 valence electrons. The molecule has 0 aliphatic heterocycles. The van der Waals surface area contributed by atoms with Gasteiger partial charge in [-0.15, -0.1) is 0 Å². The molecule has 0 radical (unpaired) electrons. The van der Waals surface area contributed by atoms with Crippen LogP contribution in [0.3, 0.4) is 0 Å². The molecule has 0 unspecified atom stereocenters. The van der Waals surface area contributed by atoms with Gasteiger partial charge in [-0.3, -0.25) is 4.79 Å². The molecular weight excluding hydrogens is 250 g/mol. The third kappa shape index (κ3) is 2.90. The van der Waals surface area contributed by atoms with Crippen molar-refractivity contribution in [1.82, 2.24) is 4.57 Å². The Labute approximate surface area is 118 Å². The molecule has 1 aromatic heterocycles. The van der Waals surface area contributed by atoms with Crippen molar-refractivity contribution in [2.45, 2.75) is 6.92 Å². The fourth-order valence-corrected chi connectivity index (χ4v) is 1.87. The van der Waals surface area contributed by atoms with Crippen molar-refractivity contribution < 1.29 is 4.79 Å². The first-order chi connectivity index (χ1) is 9.63. The number of aromatic nitrogens is 1. The maximum absolute atomic E-state index is 12.3. The lowest BCUT2D eigenvalue weighted by Gasteiger charge is -2.08. The Morgan fingerprint density at radius 1 is 1.30 bits per heavy atom. The average Bonchev–Trinajstić information content (AvgIpc) is 2.78. The van der Waals surface area contributed by atoms with Crippen molar-refractivity contribution >= 4 is 11.6 Å². The van der Waals surface area contributed by atoms with E-state index in [0.29, 0.717) is 17.9 Å². The summed E-state index contributed by atoms with van der Waals surface area (Å²) in [5.74, 6) is 5.60. The molecule has 1 heterocycles. The Hall–Kier alpha value is -2.51. The Morgan fingerprint density at radius 3 is 2.70 bits per heavy atom. The molecule has 0 spiro atoms. The van der Waals surface area contributed by atoms with E-state index in [0.717, 1.165) is 11.3 Å². The minimum Gasteiger partial charge on any atom is -0.344 e. The van der Waals surface area contributed by atoms with E-state index in [1.165, 1.54) is 0 Å². The first-order valence-corrected chi connectivity index (χ1v) is 6.35. The number of anilines is 1. The van der Waals surface area contributed by atoms with Crippen LogP contribution >= 0.6 is 0 Å². The molecule has 1 amide bonds. The molecule has 0 aliphatic carbocycles. The molecule has 0 saturated heterocycles. The Bertz CT molecular complexity index is 689. The van der Waals surface area contributed by atoms with E-state index in [2.05, 4.69) is 17.2 Å². The summed E-state index contributed by atoms with van der Waals surface area (Å²) in [6.45, 7) is 2.25. The van der Waals surface area contributed by atoms with Crippen LogP contribution in [-0.4, -0.2) is 17.0 Å². The number of para-hydroxylation sites is 1. The van der Waals surface area contributed by atoms with Crippen molar-refractivity contribution in [2.75, 3.05) is 11.9 Å². The summed E-state index contributed by atoms with van der Waals surface area (Å²) in [5, 5.41) is 2.89. The second-order valence-corrected chi connectivity index (χ2v) is 4.42. The minimum absolute atomic E-state index is 0.150. The molecule has 20 heavy (non-hydrogen) atoms. The number of amides is 1. The van der Waals surface area contributed by atoms with Crippen molar-refractivity contribution in [2.24, 2.45) is 12.8 Å². The van der Waals surface area contributed by atoms with Gasteiger partial charge in [0.15, 0.2) is 0 Å². The van der Waals surface area contributed by atoms with Gasteiger partial charge in [0.2, 0.25) is 0 Å². The average molecular weight is 267 g/mol. The van der Waals surface area contributed by atoms with Crippen LogP contribution in [0.1, 0.15) is 21.7 Å². The number of carbonyl (C=O) groups is 1. The zero-order valence-corrected chi connectivity index (χ0v) is 11.6. The number of hydrogen-bond donors (Lipinski definition) is 2. The highest BCUT2D eigenvalue weighted by Crippen LogP contribution is 2.15. The molecular formula is C16H17N3O. The van der Waals surface area contributed by atoms with Gasteiger partial charge in [-0.25, -0.2) is 0 Å². The second kappa shape index (κ2) is 6.09. The number of rotatable bonds is 2.